The molecule has 0 bridgehead atoms. The third-order valence-corrected chi connectivity index (χ3v) is 6.29. The Hall–Kier alpha value is -3.11. The summed E-state index contributed by atoms with van der Waals surface area (Å²) in [5.41, 5.74) is 2.90. The minimum absolute atomic E-state index is 0.154. The van der Waals surface area contributed by atoms with Gasteiger partial charge in [-0.1, -0.05) is 52.9 Å². The standard InChI is InChI=1S/C21H19FN6OS2/c1-3-28-18(14-8-10-16(22)11-9-14)24-27-21(28)30-12-17(29)23-20-26-25-19(31-20)15-6-4-13(2)5-7-15/h4-11H,3,12H2,1-2H3,(H,23,26,29). The summed E-state index contributed by atoms with van der Waals surface area (Å²) in [5, 5.41) is 21.2. The first-order chi connectivity index (χ1) is 15.0. The first kappa shape index (κ1) is 21.1. The largest absolute Gasteiger partial charge is 0.302 e. The maximum Gasteiger partial charge on any atom is 0.236 e. The molecule has 0 spiro atoms. The number of nitrogens with one attached hydrogen (secondary N) is 1. The van der Waals surface area contributed by atoms with E-state index in [9.17, 15) is 9.18 Å². The summed E-state index contributed by atoms with van der Waals surface area (Å²) in [5.74, 6) is 0.281. The summed E-state index contributed by atoms with van der Waals surface area (Å²) < 4.78 is 15.1. The summed E-state index contributed by atoms with van der Waals surface area (Å²) in [4.78, 5) is 12.4. The van der Waals surface area contributed by atoms with Gasteiger partial charge in [0.25, 0.3) is 0 Å². The molecule has 0 fully saturated rings. The molecule has 1 N–H and O–H groups in total. The van der Waals surface area contributed by atoms with Crippen molar-refractivity contribution in [1.29, 1.82) is 0 Å². The van der Waals surface area contributed by atoms with Crippen LogP contribution < -0.4 is 5.32 Å². The van der Waals surface area contributed by atoms with Gasteiger partial charge in [0.15, 0.2) is 11.0 Å². The van der Waals surface area contributed by atoms with E-state index in [1.807, 2.05) is 42.7 Å². The highest BCUT2D eigenvalue weighted by Crippen LogP contribution is 2.27. The van der Waals surface area contributed by atoms with E-state index < -0.39 is 0 Å². The predicted molar refractivity (Wildman–Crippen MR) is 121 cm³/mol. The minimum Gasteiger partial charge on any atom is -0.302 e. The molecule has 0 aliphatic heterocycles. The smallest absolute Gasteiger partial charge is 0.236 e. The minimum atomic E-state index is -0.306. The van der Waals surface area contributed by atoms with Crippen molar-refractivity contribution in [2.75, 3.05) is 11.1 Å². The SMILES string of the molecule is CCn1c(SCC(=O)Nc2nnc(-c3ccc(C)cc3)s2)nnc1-c1ccc(F)cc1. The molecule has 4 aromatic rings. The van der Waals surface area contributed by atoms with E-state index in [0.29, 0.717) is 22.7 Å². The van der Waals surface area contributed by atoms with Gasteiger partial charge in [-0.05, 0) is 38.1 Å². The van der Waals surface area contributed by atoms with Crippen LogP contribution in [-0.2, 0) is 11.3 Å². The summed E-state index contributed by atoms with van der Waals surface area (Å²) in [6.07, 6.45) is 0. The van der Waals surface area contributed by atoms with Crippen molar-refractivity contribution in [3.05, 3.63) is 59.9 Å². The summed E-state index contributed by atoms with van der Waals surface area (Å²) in [7, 11) is 0. The molecule has 10 heteroatoms. The van der Waals surface area contributed by atoms with Crippen LogP contribution in [0, 0.1) is 12.7 Å². The lowest BCUT2D eigenvalue weighted by Gasteiger charge is -2.07. The first-order valence-electron chi connectivity index (χ1n) is 9.56. The Balaban J connectivity index is 1.39. The van der Waals surface area contributed by atoms with E-state index in [4.69, 9.17) is 0 Å². The van der Waals surface area contributed by atoms with Crippen LogP contribution in [0.2, 0.25) is 0 Å². The van der Waals surface area contributed by atoms with Crippen LogP contribution in [0.25, 0.3) is 22.0 Å². The zero-order valence-corrected chi connectivity index (χ0v) is 18.5. The third-order valence-electron chi connectivity index (χ3n) is 4.44. The Morgan fingerprint density at radius 2 is 1.74 bits per heavy atom. The van der Waals surface area contributed by atoms with Gasteiger partial charge >= 0.3 is 0 Å². The van der Waals surface area contributed by atoms with Gasteiger partial charge in [-0.2, -0.15) is 0 Å². The zero-order valence-electron chi connectivity index (χ0n) is 16.9. The average Bonchev–Trinajstić information content (AvgIpc) is 3.40. The summed E-state index contributed by atoms with van der Waals surface area (Å²) in [6, 6.07) is 14.1. The van der Waals surface area contributed by atoms with Gasteiger partial charge in [0.2, 0.25) is 11.0 Å². The highest BCUT2D eigenvalue weighted by atomic mass is 32.2. The number of carbonyl (C=O) groups is 1. The number of nitrogens with zero attached hydrogens (tertiary/aromatic N) is 5. The number of thioether (sulfide) groups is 1. The third kappa shape index (κ3) is 4.97. The van der Waals surface area contributed by atoms with Gasteiger partial charge in [0, 0.05) is 17.7 Å². The van der Waals surface area contributed by atoms with Crippen LogP contribution >= 0.6 is 23.1 Å². The fourth-order valence-electron chi connectivity index (χ4n) is 2.87. The van der Waals surface area contributed by atoms with Crippen LogP contribution in [0.5, 0.6) is 0 Å². The van der Waals surface area contributed by atoms with Crippen LogP contribution in [0.1, 0.15) is 12.5 Å². The van der Waals surface area contributed by atoms with Crippen molar-refractivity contribution in [3.63, 3.8) is 0 Å². The van der Waals surface area contributed by atoms with Crippen molar-refractivity contribution in [3.8, 4) is 22.0 Å². The number of hydrogen-bond acceptors (Lipinski definition) is 7. The van der Waals surface area contributed by atoms with Gasteiger partial charge in [0.05, 0.1) is 5.75 Å². The lowest BCUT2D eigenvalue weighted by Crippen LogP contribution is -2.14. The Kier molecular flexibility index (Phi) is 6.38. The number of amides is 1. The molecule has 1 amide bonds. The van der Waals surface area contributed by atoms with Gasteiger partial charge in [-0.25, -0.2) is 4.39 Å². The van der Waals surface area contributed by atoms with Crippen LogP contribution in [0.3, 0.4) is 0 Å². The number of carbonyl (C=O) groups excluding carboxylic acids is 1. The Morgan fingerprint density at radius 3 is 2.45 bits per heavy atom. The second-order valence-corrected chi connectivity index (χ2v) is 8.59. The van der Waals surface area contributed by atoms with Crippen molar-refractivity contribution >= 4 is 34.1 Å². The molecule has 158 valence electrons. The molecule has 0 saturated carbocycles. The van der Waals surface area contributed by atoms with Crippen molar-refractivity contribution < 1.29 is 9.18 Å². The van der Waals surface area contributed by atoms with Crippen molar-refractivity contribution in [2.24, 2.45) is 0 Å². The van der Waals surface area contributed by atoms with E-state index in [0.717, 1.165) is 16.1 Å². The molecule has 7 nitrogen and oxygen atoms in total. The Morgan fingerprint density at radius 1 is 1.03 bits per heavy atom. The number of aryl methyl sites for hydroxylation is 1. The second kappa shape index (κ2) is 9.36. The highest BCUT2D eigenvalue weighted by Gasteiger charge is 2.16. The fourth-order valence-corrected chi connectivity index (χ4v) is 4.43. The average molecular weight is 455 g/mol. The van der Waals surface area contributed by atoms with E-state index in [2.05, 4.69) is 25.7 Å². The molecule has 2 aromatic carbocycles. The molecule has 31 heavy (non-hydrogen) atoms. The molecule has 2 heterocycles. The normalized spacial score (nSPS) is 10.9. The molecule has 2 aromatic heterocycles. The van der Waals surface area contributed by atoms with Gasteiger partial charge in [-0.3, -0.25) is 10.1 Å². The van der Waals surface area contributed by atoms with E-state index in [1.165, 1.54) is 40.8 Å². The van der Waals surface area contributed by atoms with Gasteiger partial charge in [-0.15, -0.1) is 20.4 Å². The molecule has 0 aliphatic carbocycles. The number of hydrogen-bond donors (Lipinski definition) is 1. The maximum absolute atomic E-state index is 13.2. The topological polar surface area (TPSA) is 85.6 Å². The molecule has 4 rings (SSSR count). The highest BCUT2D eigenvalue weighted by molar-refractivity contribution is 7.99. The number of anilines is 1. The summed E-state index contributed by atoms with van der Waals surface area (Å²) in [6.45, 7) is 4.61. The molecule has 0 unspecified atom stereocenters. The fraction of sp³-hybridized carbons (Fsp3) is 0.190. The maximum atomic E-state index is 13.2. The molecule has 0 atom stereocenters. The van der Waals surface area contributed by atoms with E-state index >= 15 is 0 Å². The molecule has 0 radical (unpaired) electrons. The van der Waals surface area contributed by atoms with Crippen LogP contribution in [-0.4, -0.2) is 36.6 Å². The van der Waals surface area contributed by atoms with E-state index in [1.54, 1.807) is 12.1 Å². The quantitative estimate of drug-likeness (QED) is 0.409. The summed E-state index contributed by atoms with van der Waals surface area (Å²) >= 11 is 2.61. The zero-order chi connectivity index (χ0) is 21.8. The molecular weight excluding hydrogens is 435 g/mol. The number of halogens is 1. The molecule has 0 saturated heterocycles. The van der Waals surface area contributed by atoms with Gasteiger partial charge < -0.3 is 4.57 Å². The van der Waals surface area contributed by atoms with E-state index in [-0.39, 0.29) is 17.5 Å². The van der Waals surface area contributed by atoms with Crippen LogP contribution in [0.4, 0.5) is 9.52 Å². The Labute approximate surface area is 186 Å². The first-order valence-corrected chi connectivity index (χ1v) is 11.4. The molecule has 0 aliphatic rings. The lowest BCUT2D eigenvalue weighted by molar-refractivity contribution is -0.113. The van der Waals surface area contributed by atoms with Crippen LogP contribution in [0.15, 0.2) is 53.7 Å². The lowest BCUT2D eigenvalue weighted by atomic mass is 10.2. The monoisotopic (exact) mass is 454 g/mol. The number of benzene rings is 2. The number of rotatable bonds is 7. The Bertz CT molecular complexity index is 1190. The van der Waals surface area contributed by atoms with Crippen molar-refractivity contribution in [2.45, 2.75) is 25.5 Å². The predicted octanol–water partition coefficient (Wildman–Crippen LogP) is 4.66. The molecular formula is C21H19FN6OS2. The van der Waals surface area contributed by atoms with Gasteiger partial charge in [0.1, 0.15) is 10.8 Å². The number of aromatic nitrogens is 5. The second-order valence-electron chi connectivity index (χ2n) is 6.67. The van der Waals surface area contributed by atoms with Crippen molar-refractivity contribution in [1.82, 2.24) is 25.0 Å².